The predicted molar refractivity (Wildman–Crippen MR) is 78.7 cm³/mol. The number of aromatic nitrogens is 1. The standard InChI is InChI=1S/C13H21N3O2.ClH/c1-9(2)13(3,8-14)15-12(18)10-5-6-16(4)11(17)7-10;/h5-7,9H,8,14H2,1-4H3,(H,15,18);1H. The molecule has 5 nitrogen and oxygen atoms in total. The highest BCUT2D eigenvalue weighted by atomic mass is 35.5. The predicted octanol–water partition coefficient (Wildman–Crippen LogP) is 0.910. The Bertz CT molecular complexity index is 499. The van der Waals surface area contributed by atoms with Gasteiger partial charge in [0.25, 0.3) is 11.5 Å². The van der Waals surface area contributed by atoms with Gasteiger partial charge in [-0.25, -0.2) is 0 Å². The molecular weight excluding hydrogens is 266 g/mol. The van der Waals surface area contributed by atoms with Gasteiger partial charge in [0.2, 0.25) is 0 Å². The number of amides is 1. The molecule has 0 aliphatic heterocycles. The highest BCUT2D eigenvalue weighted by molar-refractivity contribution is 5.94. The van der Waals surface area contributed by atoms with Gasteiger partial charge >= 0.3 is 0 Å². The number of nitrogens with zero attached hydrogens (tertiary/aromatic N) is 1. The summed E-state index contributed by atoms with van der Waals surface area (Å²) < 4.78 is 1.42. The molecule has 0 saturated carbocycles. The molecule has 1 atom stereocenters. The van der Waals surface area contributed by atoms with Crippen molar-refractivity contribution in [2.75, 3.05) is 6.54 Å². The van der Waals surface area contributed by atoms with Crippen molar-refractivity contribution >= 4 is 18.3 Å². The molecule has 1 amide bonds. The molecule has 19 heavy (non-hydrogen) atoms. The molecule has 0 aliphatic rings. The molecule has 1 aromatic rings. The minimum absolute atomic E-state index is 0. The van der Waals surface area contributed by atoms with E-state index in [1.165, 1.54) is 10.6 Å². The number of nitrogens with two attached hydrogens (primary N) is 1. The number of nitrogens with one attached hydrogen (secondary N) is 1. The minimum Gasteiger partial charge on any atom is -0.345 e. The zero-order valence-electron chi connectivity index (χ0n) is 11.8. The summed E-state index contributed by atoms with van der Waals surface area (Å²) in [6.07, 6.45) is 1.58. The van der Waals surface area contributed by atoms with Crippen molar-refractivity contribution in [3.8, 4) is 0 Å². The molecule has 3 N–H and O–H groups in total. The van der Waals surface area contributed by atoms with E-state index in [9.17, 15) is 9.59 Å². The second kappa shape index (κ2) is 6.73. The summed E-state index contributed by atoms with van der Waals surface area (Å²) in [7, 11) is 1.64. The van der Waals surface area contributed by atoms with Gasteiger partial charge in [-0.1, -0.05) is 13.8 Å². The summed E-state index contributed by atoms with van der Waals surface area (Å²) in [5.74, 6) is -0.0626. The van der Waals surface area contributed by atoms with Crippen LogP contribution in [0.1, 0.15) is 31.1 Å². The number of pyridine rings is 1. The van der Waals surface area contributed by atoms with Crippen LogP contribution in [0, 0.1) is 5.92 Å². The van der Waals surface area contributed by atoms with Gasteiger partial charge in [-0.2, -0.15) is 0 Å². The molecule has 0 aliphatic carbocycles. The van der Waals surface area contributed by atoms with Crippen molar-refractivity contribution in [1.82, 2.24) is 9.88 Å². The molecule has 6 heteroatoms. The van der Waals surface area contributed by atoms with Crippen LogP contribution in [0.25, 0.3) is 0 Å². The van der Waals surface area contributed by atoms with Gasteiger partial charge in [-0.15, -0.1) is 12.4 Å². The van der Waals surface area contributed by atoms with Crippen molar-refractivity contribution in [2.45, 2.75) is 26.3 Å². The van der Waals surface area contributed by atoms with Crippen molar-refractivity contribution < 1.29 is 4.79 Å². The summed E-state index contributed by atoms with van der Waals surface area (Å²) >= 11 is 0. The minimum atomic E-state index is -0.474. The largest absolute Gasteiger partial charge is 0.345 e. The first kappa shape index (κ1) is 17.7. The Morgan fingerprint density at radius 3 is 2.53 bits per heavy atom. The van der Waals surface area contributed by atoms with E-state index in [-0.39, 0.29) is 29.8 Å². The van der Waals surface area contributed by atoms with Crippen LogP contribution in [-0.4, -0.2) is 22.6 Å². The van der Waals surface area contributed by atoms with E-state index in [1.54, 1.807) is 19.3 Å². The van der Waals surface area contributed by atoms with E-state index in [0.717, 1.165) is 0 Å². The van der Waals surface area contributed by atoms with Crippen LogP contribution in [0.15, 0.2) is 23.1 Å². The fourth-order valence-corrected chi connectivity index (χ4v) is 1.45. The topological polar surface area (TPSA) is 77.1 Å². The molecule has 1 unspecified atom stereocenters. The summed E-state index contributed by atoms with van der Waals surface area (Å²) in [5, 5.41) is 2.89. The molecule has 1 aromatic heterocycles. The number of carbonyl (C=O) groups is 1. The lowest BCUT2D eigenvalue weighted by Crippen LogP contribution is -2.55. The summed E-state index contributed by atoms with van der Waals surface area (Å²) in [4.78, 5) is 23.5. The Balaban J connectivity index is 0.00000324. The number of hydrogen-bond donors (Lipinski definition) is 2. The molecule has 0 fully saturated rings. The van der Waals surface area contributed by atoms with Gasteiger partial charge in [0.15, 0.2) is 0 Å². The lowest BCUT2D eigenvalue weighted by molar-refractivity contribution is 0.0883. The van der Waals surface area contributed by atoms with E-state index in [2.05, 4.69) is 5.32 Å². The molecular formula is C13H22ClN3O2. The maximum Gasteiger partial charge on any atom is 0.252 e. The van der Waals surface area contributed by atoms with E-state index < -0.39 is 5.54 Å². The van der Waals surface area contributed by atoms with Crippen molar-refractivity contribution in [2.24, 2.45) is 18.7 Å². The maximum absolute atomic E-state index is 12.1. The second-order valence-electron chi connectivity index (χ2n) is 5.09. The van der Waals surface area contributed by atoms with Gasteiger partial charge in [0.05, 0.1) is 5.54 Å². The molecule has 0 bridgehead atoms. The fourth-order valence-electron chi connectivity index (χ4n) is 1.45. The van der Waals surface area contributed by atoms with Crippen LogP contribution >= 0.6 is 12.4 Å². The van der Waals surface area contributed by atoms with E-state index in [1.807, 2.05) is 20.8 Å². The molecule has 0 radical (unpaired) electrons. The average molecular weight is 288 g/mol. The Labute approximate surface area is 119 Å². The number of hydrogen-bond acceptors (Lipinski definition) is 3. The molecule has 0 spiro atoms. The van der Waals surface area contributed by atoms with Gasteiger partial charge in [-0.05, 0) is 18.9 Å². The molecule has 0 aromatic carbocycles. The van der Waals surface area contributed by atoms with Crippen LogP contribution in [-0.2, 0) is 7.05 Å². The van der Waals surface area contributed by atoms with Gasteiger partial charge in [0, 0.05) is 31.4 Å². The number of halogens is 1. The molecule has 1 heterocycles. The van der Waals surface area contributed by atoms with Crippen molar-refractivity contribution in [3.05, 3.63) is 34.2 Å². The third-order valence-corrected chi connectivity index (χ3v) is 3.46. The van der Waals surface area contributed by atoms with Crippen molar-refractivity contribution in [1.29, 1.82) is 0 Å². The SMILES string of the molecule is CC(C)C(C)(CN)NC(=O)c1ccn(C)c(=O)c1.Cl. The summed E-state index contributed by atoms with van der Waals surface area (Å²) in [6, 6.07) is 2.95. The highest BCUT2D eigenvalue weighted by Crippen LogP contribution is 2.15. The van der Waals surface area contributed by atoms with Crippen LogP contribution in [0.2, 0.25) is 0 Å². The normalized spacial score (nSPS) is 13.6. The van der Waals surface area contributed by atoms with Crippen LogP contribution in [0.5, 0.6) is 0 Å². The quantitative estimate of drug-likeness (QED) is 0.864. The lowest BCUT2D eigenvalue weighted by atomic mass is 9.88. The number of rotatable bonds is 4. The first-order chi connectivity index (χ1) is 8.30. The molecule has 0 saturated heterocycles. The zero-order chi connectivity index (χ0) is 13.9. The van der Waals surface area contributed by atoms with Crippen LogP contribution in [0.3, 0.4) is 0 Å². The van der Waals surface area contributed by atoms with Crippen molar-refractivity contribution in [3.63, 3.8) is 0 Å². The monoisotopic (exact) mass is 287 g/mol. The second-order valence-corrected chi connectivity index (χ2v) is 5.09. The van der Waals surface area contributed by atoms with E-state index in [0.29, 0.717) is 12.1 Å². The molecule has 108 valence electrons. The Kier molecular flexibility index (Phi) is 6.25. The summed E-state index contributed by atoms with van der Waals surface area (Å²) in [5.41, 5.74) is 5.39. The van der Waals surface area contributed by atoms with Gasteiger partial charge in [0.1, 0.15) is 0 Å². The van der Waals surface area contributed by atoms with E-state index >= 15 is 0 Å². The van der Waals surface area contributed by atoms with Crippen LogP contribution in [0.4, 0.5) is 0 Å². The van der Waals surface area contributed by atoms with E-state index in [4.69, 9.17) is 5.73 Å². The van der Waals surface area contributed by atoms with Crippen LogP contribution < -0.4 is 16.6 Å². The third kappa shape index (κ3) is 4.08. The van der Waals surface area contributed by atoms with Gasteiger partial charge < -0.3 is 15.6 Å². The Morgan fingerprint density at radius 2 is 2.11 bits per heavy atom. The average Bonchev–Trinajstić information content (AvgIpc) is 2.32. The Morgan fingerprint density at radius 1 is 1.53 bits per heavy atom. The first-order valence-electron chi connectivity index (χ1n) is 5.99. The Hall–Kier alpha value is -1.33. The maximum atomic E-state index is 12.1. The zero-order valence-corrected chi connectivity index (χ0v) is 12.6. The number of aryl methyl sites for hydroxylation is 1. The number of carbonyl (C=O) groups excluding carboxylic acids is 1. The summed E-state index contributed by atoms with van der Waals surface area (Å²) in [6.45, 7) is 6.24. The molecule has 1 rings (SSSR count). The smallest absolute Gasteiger partial charge is 0.252 e. The third-order valence-electron chi connectivity index (χ3n) is 3.46. The van der Waals surface area contributed by atoms with Gasteiger partial charge in [-0.3, -0.25) is 9.59 Å². The lowest BCUT2D eigenvalue weighted by Gasteiger charge is -2.33. The highest BCUT2D eigenvalue weighted by Gasteiger charge is 2.28. The first-order valence-corrected chi connectivity index (χ1v) is 5.99. The fraction of sp³-hybridized carbons (Fsp3) is 0.538.